The predicted molar refractivity (Wildman–Crippen MR) is 88.5 cm³/mol. The minimum atomic E-state index is -4.81. The first-order chi connectivity index (χ1) is 12.1. The van der Waals surface area contributed by atoms with Crippen molar-refractivity contribution in [3.8, 4) is 16.4 Å². The maximum absolute atomic E-state index is 12.4. The number of hydrogen-bond donors (Lipinski definition) is 1. The van der Waals surface area contributed by atoms with Gasteiger partial charge in [-0.3, -0.25) is 4.72 Å². The van der Waals surface area contributed by atoms with Crippen molar-refractivity contribution in [2.24, 2.45) is 0 Å². The summed E-state index contributed by atoms with van der Waals surface area (Å²) in [4.78, 5) is 4.53. The van der Waals surface area contributed by atoms with Gasteiger partial charge in [0.25, 0.3) is 10.0 Å². The van der Waals surface area contributed by atoms with Crippen LogP contribution in [0.3, 0.4) is 0 Å². The monoisotopic (exact) mass is 404 g/mol. The first kappa shape index (κ1) is 18.3. The quantitative estimate of drug-likeness (QED) is 0.681. The Bertz CT molecular complexity index is 1010. The van der Waals surface area contributed by atoms with E-state index in [2.05, 4.69) is 14.4 Å². The lowest BCUT2D eigenvalue weighted by molar-refractivity contribution is -0.274. The molecule has 0 saturated heterocycles. The molecule has 0 amide bonds. The van der Waals surface area contributed by atoms with Crippen LogP contribution in [-0.2, 0) is 10.0 Å². The third kappa shape index (κ3) is 4.35. The van der Waals surface area contributed by atoms with Gasteiger partial charge in [0, 0.05) is 12.6 Å². The Balaban J connectivity index is 1.76. The summed E-state index contributed by atoms with van der Waals surface area (Å²) >= 11 is 0.979. The normalized spacial score (nSPS) is 12.2. The second kappa shape index (κ2) is 6.65. The average Bonchev–Trinajstić information content (AvgIpc) is 3.16. The SMILES string of the molecule is Cc1ncc(-c2ccc(S(=O)(=O)Nc3ccc(OC(F)(F)F)cc3)s2)o1. The molecular weight excluding hydrogens is 393 g/mol. The topological polar surface area (TPSA) is 81.4 Å². The van der Waals surface area contributed by atoms with E-state index in [9.17, 15) is 21.6 Å². The van der Waals surface area contributed by atoms with Crippen LogP contribution in [0.2, 0.25) is 0 Å². The van der Waals surface area contributed by atoms with Crippen molar-refractivity contribution in [3.05, 3.63) is 48.5 Å². The highest BCUT2D eigenvalue weighted by Crippen LogP contribution is 2.32. The Morgan fingerprint density at radius 2 is 1.85 bits per heavy atom. The molecule has 6 nitrogen and oxygen atoms in total. The van der Waals surface area contributed by atoms with Crippen LogP contribution in [0.5, 0.6) is 5.75 Å². The third-order valence-corrected chi connectivity index (χ3v) is 6.02. The summed E-state index contributed by atoms with van der Waals surface area (Å²) in [6, 6.07) is 7.37. The molecule has 138 valence electrons. The highest BCUT2D eigenvalue weighted by atomic mass is 32.2. The Kier molecular flexibility index (Phi) is 4.67. The van der Waals surface area contributed by atoms with Crippen molar-refractivity contribution in [3.63, 3.8) is 0 Å². The molecule has 3 aromatic rings. The molecule has 0 saturated carbocycles. The van der Waals surface area contributed by atoms with Gasteiger partial charge in [0.05, 0.1) is 11.1 Å². The summed E-state index contributed by atoms with van der Waals surface area (Å²) < 4.78 is 72.6. The number of oxazole rings is 1. The highest BCUT2D eigenvalue weighted by molar-refractivity contribution is 7.94. The van der Waals surface area contributed by atoms with Crippen molar-refractivity contribution < 1.29 is 30.7 Å². The number of aryl methyl sites for hydroxylation is 1. The average molecular weight is 404 g/mol. The van der Waals surface area contributed by atoms with Gasteiger partial charge in [-0.15, -0.1) is 24.5 Å². The molecule has 26 heavy (non-hydrogen) atoms. The Morgan fingerprint density at radius 3 is 2.42 bits per heavy atom. The molecule has 0 unspecified atom stereocenters. The largest absolute Gasteiger partial charge is 0.573 e. The Hall–Kier alpha value is -2.53. The molecule has 0 spiro atoms. The van der Waals surface area contributed by atoms with Crippen LogP contribution in [-0.4, -0.2) is 19.8 Å². The number of rotatable bonds is 5. The number of sulfonamides is 1. The number of hydrogen-bond acceptors (Lipinski definition) is 6. The molecule has 2 aromatic heterocycles. The summed E-state index contributed by atoms with van der Waals surface area (Å²) in [6.45, 7) is 1.67. The molecule has 0 aliphatic carbocycles. The van der Waals surface area contributed by atoms with Gasteiger partial charge in [0.2, 0.25) is 0 Å². The van der Waals surface area contributed by atoms with E-state index in [1.807, 2.05) is 0 Å². The summed E-state index contributed by atoms with van der Waals surface area (Å²) in [5.74, 6) is 0.458. The van der Waals surface area contributed by atoms with E-state index in [1.54, 1.807) is 13.0 Å². The van der Waals surface area contributed by atoms with Gasteiger partial charge in [-0.25, -0.2) is 13.4 Å². The zero-order valence-electron chi connectivity index (χ0n) is 13.1. The Labute approximate surface area is 150 Å². The summed E-state index contributed by atoms with van der Waals surface area (Å²) in [5, 5.41) is 0. The van der Waals surface area contributed by atoms with Crippen LogP contribution in [0, 0.1) is 6.92 Å². The summed E-state index contributed by atoms with van der Waals surface area (Å²) in [7, 11) is -3.90. The van der Waals surface area contributed by atoms with Crippen LogP contribution in [0.1, 0.15) is 5.89 Å². The zero-order chi connectivity index (χ0) is 18.9. The fourth-order valence-electron chi connectivity index (χ4n) is 2.00. The molecule has 1 N–H and O–H groups in total. The number of alkyl halides is 3. The minimum absolute atomic E-state index is 0.0252. The standard InChI is InChI=1S/C15H11F3N2O4S2/c1-9-19-8-12(23-9)13-6-7-14(25-13)26(21,22)20-10-2-4-11(5-3-10)24-15(16,17)18/h2-8,20H,1H3. The van der Waals surface area contributed by atoms with Crippen LogP contribution in [0.25, 0.3) is 10.6 Å². The molecule has 0 aliphatic rings. The van der Waals surface area contributed by atoms with E-state index in [1.165, 1.54) is 24.4 Å². The van der Waals surface area contributed by atoms with Crippen molar-refractivity contribution in [1.82, 2.24) is 4.98 Å². The van der Waals surface area contributed by atoms with Gasteiger partial charge in [-0.05, 0) is 36.4 Å². The van der Waals surface area contributed by atoms with Crippen LogP contribution >= 0.6 is 11.3 Å². The van der Waals surface area contributed by atoms with E-state index < -0.39 is 22.1 Å². The molecule has 0 fully saturated rings. The second-order valence-electron chi connectivity index (χ2n) is 5.04. The van der Waals surface area contributed by atoms with E-state index in [4.69, 9.17) is 4.42 Å². The van der Waals surface area contributed by atoms with Gasteiger partial charge in [0.1, 0.15) is 9.96 Å². The molecular formula is C15H11F3N2O4S2. The molecule has 0 radical (unpaired) electrons. The van der Waals surface area contributed by atoms with E-state index >= 15 is 0 Å². The number of anilines is 1. The molecule has 3 rings (SSSR count). The maximum atomic E-state index is 12.4. The number of nitrogens with zero attached hydrogens (tertiary/aromatic N) is 1. The summed E-state index contributed by atoms with van der Waals surface area (Å²) in [5.41, 5.74) is 0.102. The van der Waals surface area contributed by atoms with Gasteiger partial charge < -0.3 is 9.15 Å². The van der Waals surface area contributed by atoms with Gasteiger partial charge >= 0.3 is 6.36 Å². The molecule has 0 atom stereocenters. The first-order valence-corrected chi connectivity index (χ1v) is 9.34. The molecule has 1 aromatic carbocycles. The molecule has 11 heteroatoms. The van der Waals surface area contributed by atoms with E-state index in [0.29, 0.717) is 16.5 Å². The van der Waals surface area contributed by atoms with Crippen molar-refractivity contribution >= 4 is 27.0 Å². The lowest BCUT2D eigenvalue weighted by Crippen LogP contribution is -2.17. The molecule has 2 heterocycles. The molecule has 0 bridgehead atoms. The fraction of sp³-hybridized carbons (Fsp3) is 0.133. The highest BCUT2D eigenvalue weighted by Gasteiger charge is 2.31. The number of nitrogens with one attached hydrogen (secondary N) is 1. The van der Waals surface area contributed by atoms with Crippen molar-refractivity contribution in [1.29, 1.82) is 0 Å². The Morgan fingerprint density at radius 1 is 1.15 bits per heavy atom. The minimum Gasteiger partial charge on any atom is -0.440 e. The lowest BCUT2D eigenvalue weighted by atomic mass is 10.3. The lowest BCUT2D eigenvalue weighted by Gasteiger charge is -2.10. The number of thiophene rings is 1. The third-order valence-electron chi connectivity index (χ3n) is 3.05. The van der Waals surface area contributed by atoms with Crippen LogP contribution in [0.15, 0.2) is 51.2 Å². The van der Waals surface area contributed by atoms with Crippen LogP contribution in [0.4, 0.5) is 18.9 Å². The van der Waals surface area contributed by atoms with Crippen molar-refractivity contribution in [2.45, 2.75) is 17.5 Å². The predicted octanol–water partition coefficient (Wildman–Crippen LogP) is 4.41. The smallest absolute Gasteiger partial charge is 0.440 e. The van der Waals surface area contributed by atoms with Gasteiger partial charge in [0.15, 0.2) is 11.7 Å². The second-order valence-corrected chi connectivity index (χ2v) is 8.03. The number of benzene rings is 1. The maximum Gasteiger partial charge on any atom is 0.573 e. The number of aromatic nitrogens is 1. The molecule has 0 aliphatic heterocycles. The first-order valence-electron chi connectivity index (χ1n) is 7.04. The summed E-state index contributed by atoms with van der Waals surface area (Å²) in [6.07, 6.45) is -3.32. The van der Waals surface area contributed by atoms with E-state index in [0.717, 1.165) is 23.5 Å². The zero-order valence-corrected chi connectivity index (χ0v) is 14.7. The van der Waals surface area contributed by atoms with E-state index in [-0.39, 0.29) is 9.90 Å². The van der Waals surface area contributed by atoms with Gasteiger partial charge in [-0.2, -0.15) is 0 Å². The fourth-order valence-corrected chi connectivity index (χ4v) is 4.31. The van der Waals surface area contributed by atoms with Crippen molar-refractivity contribution in [2.75, 3.05) is 4.72 Å². The van der Waals surface area contributed by atoms with Gasteiger partial charge in [-0.1, -0.05) is 0 Å². The van der Waals surface area contributed by atoms with Crippen LogP contribution < -0.4 is 9.46 Å². The number of ether oxygens (including phenoxy) is 1. The number of halogens is 3.